The zero-order chi connectivity index (χ0) is 19.2. The third-order valence-electron chi connectivity index (χ3n) is 3.89. The molecule has 0 aliphatic rings. The summed E-state index contributed by atoms with van der Waals surface area (Å²) >= 11 is 6.09. The second-order valence-electron chi connectivity index (χ2n) is 5.66. The number of para-hydroxylation sites is 2. The maximum atomic E-state index is 12.7. The first-order valence-corrected chi connectivity index (χ1v) is 8.56. The highest BCUT2D eigenvalue weighted by Crippen LogP contribution is 2.23. The number of halogens is 1. The fourth-order valence-electron chi connectivity index (χ4n) is 2.48. The van der Waals surface area contributed by atoms with Crippen molar-refractivity contribution in [3.8, 4) is 5.75 Å². The summed E-state index contributed by atoms with van der Waals surface area (Å²) in [6, 6.07) is 20.4. The summed E-state index contributed by atoms with van der Waals surface area (Å²) in [7, 11) is 1.56. The lowest BCUT2D eigenvalue weighted by Gasteiger charge is -2.12. The van der Waals surface area contributed by atoms with Gasteiger partial charge in [-0.15, -0.1) is 0 Å². The molecule has 27 heavy (non-hydrogen) atoms. The standard InChI is InChI=1S/C21H17ClN2O3/c1-27-15-12-10-14(11-13-15)20(25)23-18-8-4-2-6-16(18)21(26)24-19-9-5-3-7-17(19)22/h2-13H,1H3,(H,23,25)(H,24,26). The molecule has 136 valence electrons. The van der Waals surface area contributed by atoms with Crippen molar-refractivity contribution in [2.24, 2.45) is 0 Å². The molecule has 0 aromatic heterocycles. The average Bonchev–Trinajstić information content (AvgIpc) is 2.70. The lowest BCUT2D eigenvalue weighted by atomic mass is 10.1. The molecule has 0 saturated heterocycles. The van der Waals surface area contributed by atoms with Crippen molar-refractivity contribution >= 4 is 34.8 Å². The predicted molar refractivity (Wildman–Crippen MR) is 107 cm³/mol. The third kappa shape index (κ3) is 4.46. The Bertz CT molecular complexity index is 971. The summed E-state index contributed by atoms with van der Waals surface area (Å²) < 4.78 is 5.09. The van der Waals surface area contributed by atoms with Crippen molar-refractivity contribution in [2.75, 3.05) is 17.7 Å². The molecule has 0 aliphatic carbocycles. The second-order valence-corrected chi connectivity index (χ2v) is 6.07. The first-order chi connectivity index (χ1) is 13.1. The van der Waals surface area contributed by atoms with E-state index in [9.17, 15) is 9.59 Å². The van der Waals surface area contributed by atoms with Gasteiger partial charge in [-0.1, -0.05) is 35.9 Å². The van der Waals surface area contributed by atoms with Crippen LogP contribution in [-0.2, 0) is 0 Å². The van der Waals surface area contributed by atoms with Gasteiger partial charge in [-0.05, 0) is 48.5 Å². The van der Waals surface area contributed by atoms with Crippen molar-refractivity contribution in [3.63, 3.8) is 0 Å². The van der Waals surface area contributed by atoms with E-state index in [-0.39, 0.29) is 11.8 Å². The lowest BCUT2D eigenvalue weighted by Crippen LogP contribution is -2.18. The van der Waals surface area contributed by atoms with Crippen LogP contribution in [0.15, 0.2) is 72.8 Å². The highest BCUT2D eigenvalue weighted by molar-refractivity contribution is 6.34. The van der Waals surface area contributed by atoms with Gasteiger partial charge in [0.2, 0.25) is 0 Å². The molecule has 0 aliphatic heterocycles. The van der Waals surface area contributed by atoms with Gasteiger partial charge in [0, 0.05) is 5.56 Å². The van der Waals surface area contributed by atoms with Crippen LogP contribution < -0.4 is 15.4 Å². The molecule has 0 bridgehead atoms. The van der Waals surface area contributed by atoms with E-state index < -0.39 is 0 Å². The Kier molecular flexibility index (Phi) is 5.74. The Labute approximate surface area is 161 Å². The minimum atomic E-state index is -0.367. The molecule has 5 nitrogen and oxygen atoms in total. The van der Waals surface area contributed by atoms with E-state index in [4.69, 9.17) is 16.3 Å². The fourth-order valence-corrected chi connectivity index (χ4v) is 2.66. The molecule has 2 N–H and O–H groups in total. The molecule has 2 amide bonds. The van der Waals surface area contributed by atoms with Crippen LogP contribution in [0.5, 0.6) is 5.75 Å². The topological polar surface area (TPSA) is 67.4 Å². The molecular weight excluding hydrogens is 364 g/mol. The van der Waals surface area contributed by atoms with Crippen LogP contribution in [0.2, 0.25) is 5.02 Å². The highest BCUT2D eigenvalue weighted by Gasteiger charge is 2.15. The van der Waals surface area contributed by atoms with Gasteiger partial charge in [0.15, 0.2) is 0 Å². The molecular formula is C21H17ClN2O3. The summed E-state index contributed by atoms with van der Waals surface area (Å²) in [6.45, 7) is 0. The summed E-state index contributed by atoms with van der Waals surface area (Å²) in [5.74, 6) is -0.0320. The monoisotopic (exact) mass is 380 g/mol. The van der Waals surface area contributed by atoms with E-state index in [0.717, 1.165) is 0 Å². The number of hydrogen-bond donors (Lipinski definition) is 2. The summed E-state index contributed by atoms with van der Waals surface area (Å²) in [5.41, 5.74) is 1.69. The summed E-state index contributed by atoms with van der Waals surface area (Å²) in [6.07, 6.45) is 0. The van der Waals surface area contributed by atoms with Gasteiger partial charge in [0.25, 0.3) is 11.8 Å². The number of hydrogen-bond acceptors (Lipinski definition) is 3. The Hall–Kier alpha value is -3.31. The zero-order valence-electron chi connectivity index (χ0n) is 14.5. The molecule has 0 unspecified atom stereocenters. The number of methoxy groups -OCH3 is 1. The highest BCUT2D eigenvalue weighted by atomic mass is 35.5. The van der Waals surface area contributed by atoms with E-state index in [2.05, 4.69) is 10.6 Å². The number of ether oxygens (including phenoxy) is 1. The van der Waals surface area contributed by atoms with Crippen LogP contribution in [0.1, 0.15) is 20.7 Å². The number of benzene rings is 3. The minimum absolute atomic E-state index is 0.323. The van der Waals surface area contributed by atoms with Gasteiger partial charge in [-0.25, -0.2) is 0 Å². The van der Waals surface area contributed by atoms with Crippen LogP contribution in [0, 0.1) is 0 Å². The lowest BCUT2D eigenvalue weighted by molar-refractivity contribution is 0.102. The molecule has 0 heterocycles. The van der Waals surface area contributed by atoms with Crippen LogP contribution in [-0.4, -0.2) is 18.9 Å². The molecule has 6 heteroatoms. The van der Waals surface area contributed by atoms with Crippen molar-refractivity contribution in [2.45, 2.75) is 0 Å². The van der Waals surface area contributed by atoms with Crippen LogP contribution in [0.3, 0.4) is 0 Å². The molecule has 3 aromatic rings. The fraction of sp³-hybridized carbons (Fsp3) is 0.0476. The number of nitrogens with one attached hydrogen (secondary N) is 2. The number of carbonyl (C=O) groups is 2. The van der Waals surface area contributed by atoms with E-state index in [1.807, 2.05) is 0 Å². The van der Waals surface area contributed by atoms with Crippen molar-refractivity contribution in [3.05, 3.63) is 88.9 Å². The van der Waals surface area contributed by atoms with Crippen LogP contribution in [0.25, 0.3) is 0 Å². The second kappa shape index (κ2) is 8.38. The SMILES string of the molecule is COc1ccc(C(=O)Nc2ccccc2C(=O)Nc2ccccc2Cl)cc1. The minimum Gasteiger partial charge on any atom is -0.497 e. The Morgan fingerprint density at radius 1 is 0.778 bits per heavy atom. The summed E-state index contributed by atoms with van der Waals surface area (Å²) in [5, 5.41) is 5.96. The Morgan fingerprint density at radius 2 is 1.37 bits per heavy atom. The molecule has 0 spiro atoms. The molecule has 0 saturated carbocycles. The maximum absolute atomic E-state index is 12.7. The van der Waals surface area contributed by atoms with E-state index >= 15 is 0 Å². The first kappa shape index (κ1) is 18.5. The largest absolute Gasteiger partial charge is 0.497 e. The van der Waals surface area contributed by atoms with Crippen molar-refractivity contribution in [1.82, 2.24) is 0 Å². The third-order valence-corrected chi connectivity index (χ3v) is 4.22. The van der Waals surface area contributed by atoms with Gasteiger partial charge in [0.1, 0.15) is 5.75 Å². The van der Waals surface area contributed by atoms with Gasteiger partial charge in [-0.2, -0.15) is 0 Å². The molecule has 0 atom stereocenters. The van der Waals surface area contributed by atoms with Crippen LogP contribution in [0.4, 0.5) is 11.4 Å². The zero-order valence-corrected chi connectivity index (χ0v) is 15.3. The number of anilines is 2. The number of amides is 2. The smallest absolute Gasteiger partial charge is 0.257 e. The van der Waals surface area contributed by atoms with E-state index in [1.165, 1.54) is 0 Å². The van der Waals surface area contributed by atoms with Gasteiger partial charge in [0.05, 0.1) is 29.1 Å². The van der Waals surface area contributed by atoms with Gasteiger partial charge < -0.3 is 15.4 Å². The molecule has 3 rings (SSSR count). The maximum Gasteiger partial charge on any atom is 0.257 e. The van der Waals surface area contributed by atoms with Crippen molar-refractivity contribution in [1.29, 1.82) is 0 Å². The Balaban J connectivity index is 1.79. The average molecular weight is 381 g/mol. The van der Waals surface area contributed by atoms with Gasteiger partial charge >= 0.3 is 0 Å². The quantitative estimate of drug-likeness (QED) is 0.664. The van der Waals surface area contributed by atoms with Crippen LogP contribution >= 0.6 is 11.6 Å². The number of rotatable bonds is 5. The molecule has 0 fully saturated rings. The van der Waals surface area contributed by atoms with Crippen molar-refractivity contribution < 1.29 is 14.3 Å². The van der Waals surface area contributed by atoms with E-state index in [1.54, 1.807) is 79.9 Å². The van der Waals surface area contributed by atoms with Gasteiger partial charge in [-0.3, -0.25) is 9.59 Å². The summed E-state index contributed by atoms with van der Waals surface area (Å²) in [4.78, 5) is 25.1. The molecule has 3 aromatic carbocycles. The number of carbonyl (C=O) groups excluding carboxylic acids is 2. The first-order valence-electron chi connectivity index (χ1n) is 8.19. The Morgan fingerprint density at radius 3 is 2.04 bits per heavy atom. The normalized spacial score (nSPS) is 10.1. The predicted octanol–water partition coefficient (Wildman–Crippen LogP) is 4.85. The van der Waals surface area contributed by atoms with E-state index in [0.29, 0.717) is 33.3 Å². The molecule has 0 radical (unpaired) electrons.